The smallest absolute Gasteiger partial charge is 0.346 e. The third kappa shape index (κ3) is 3.61. The van der Waals surface area contributed by atoms with Crippen LogP contribution in [0.4, 0.5) is 0 Å². The van der Waals surface area contributed by atoms with Crippen LogP contribution in [-0.4, -0.2) is 26.5 Å². The first kappa shape index (κ1) is 18.8. The Morgan fingerprint density at radius 2 is 1.89 bits per heavy atom. The van der Waals surface area contributed by atoms with Crippen molar-refractivity contribution in [1.82, 2.24) is 9.55 Å². The number of fused-ring (bicyclic) bond motifs is 1. The van der Waals surface area contributed by atoms with E-state index in [1.54, 1.807) is 6.92 Å². The van der Waals surface area contributed by atoms with Crippen molar-refractivity contribution < 1.29 is 14.7 Å². The number of aryl methyl sites for hydroxylation is 2. The maximum absolute atomic E-state index is 13.1. The summed E-state index contributed by atoms with van der Waals surface area (Å²) in [6.07, 6.45) is 0.553. The van der Waals surface area contributed by atoms with E-state index in [-0.39, 0.29) is 23.4 Å². The maximum atomic E-state index is 13.1. The van der Waals surface area contributed by atoms with Gasteiger partial charge in [-0.3, -0.25) is 14.2 Å². The highest BCUT2D eigenvalue weighted by Crippen LogP contribution is 2.29. The van der Waals surface area contributed by atoms with E-state index in [0.717, 1.165) is 22.5 Å². The Morgan fingerprint density at radius 1 is 1.22 bits per heavy atom. The molecule has 0 saturated heterocycles. The number of carboxylic acid groups (broad SMARTS) is 1. The zero-order chi connectivity index (χ0) is 19.7. The first-order valence-electron chi connectivity index (χ1n) is 8.42. The van der Waals surface area contributed by atoms with E-state index in [1.165, 1.54) is 4.57 Å². The monoisotopic (exact) mass is 385 g/mol. The number of carboxylic acids is 1. The number of aromatic nitrogens is 2. The van der Waals surface area contributed by atoms with E-state index < -0.39 is 11.9 Å². The molecule has 0 aliphatic carbocycles. The van der Waals surface area contributed by atoms with Gasteiger partial charge in [-0.25, -0.2) is 9.78 Å². The molecule has 0 spiro atoms. The predicted molar refractivity (Wildman–Crippen MR) is 104 cm³/mol. The van der Waals surface area contributed by atoms with Gasteiger partial charge in [-0.15, -0.1) is 11.3 Å². The van der Waals surface area contributed by atoms with Crippen LogP contribution in [0.25, 0.3) is 21.6 Å². The molecule has 1 aromatic carbocycles. The van der Waals surface area contributed by atoms with Gasteiger partial charge < -0.3 is 10.8 Å². The number of thiophene rings is 1. The second-order valence-corrected chi connectivity index (χ2v) is 7.37. The highest BCUT2D eigenvalue weighted by atomic mass is 32.1. The third-order valence-electron chi connectivity index (χ3n) is 4.36. The molecule has 0 bridgehead atoms. The summed E-state index contributed by atoms with van der Waals surface area (Å²) in [5, 5.41) is 9.68. The molecule has 2 heterocycles. The number of carbonyl (C=O) groups is 2. The van der Waals surface area contributed by atoms with Crippen molar-refractivity contribution in [3.05, 3.63) is 50.6 Å². The number of aromatic carboxylic acids is 1. The van der Waals surface area contributed by atoms with Crippen molar-refractivity contribution in [3.63, 3.8) is 0 Å². The topological polar surface area (TPSA) is 115 Å². The van der Waals surface area contributed by atoms with Crippen LogP contribution >= 0.6 is 11.3 Å². The van der Waals surface area contributed by atoms with Gasteiger partial charge in [-0.05, 0) is 25.8 Å². The highest BCUT2D eigenvalue weighted by Gasteiger charge is 2.21. The van der Waals surface area contributed by atoms with Crippen LogP contribution in [0.15, 0.2) is 29.1 Å². The number of nitrogens with two attached hydrogens (primary N) is 1. The molecule has 27 heavy (non-hydrogen) atoms. The fourth-order valence-electron chi connectivity index (χ4n) is 2.96. The summed E-state index contributed by atoms with van der Waals surface area (Å²) in [5.41, 5.74) is 7.14. The molecule has 0 atom stereocenters. The Balaban J connectivity index is 2.24. The summed E-state index contributed by atoms with van der Waals surface area (Å²) < 4.78 is 1.50. The lowest BCUT2D eigenvalue weighted by molar-refractivity contribution is -0.118. The Hall–Kier alpha value is -3.00. The van der Waals surface area contributed by atoms with Gasteiger partial charge in [0.05, 0.1) is 5.39 Å². The molecule has 3 N–H and O–H groups in total. The third-order valence-corrected chi connectivity index (χ3v) is 5.53. The fraction of sp³-hybridized carbons (Fsp3) is 0.263. The van der Waals surface area contributed by atoms with E-state index in [0.29, 0.717) is 28.0 Å². The van der Waals surface area contributed by atoms with Gasteiger partial charge in [0.15, 0.2) is 0 Å². The number of benzene rings is 1. The second-order valence-electron chi connectivity index (χ2n) is 6.37. The predicted octanol–water partition coefficient (Wildman–Crippen LogP) is 2.71. The Morgan fingerprint density at radius 3 is 2.48 bits per heavy atom. The fourth-order valence-corrected chi connectivity index (χ4v) is 3.97. The molecule has 0 unspecified atom stereocenters. The largest absolute Gasteiger partial charge is 0.477 e. The van der Waals surface area contributed by atoms with Gasteiger partial charge in [-0.1, -0.05) is 29.8 Å². The first-order chi connectivity index (χ1) is 12.8. The van der Waals surface area contributed by atoms with Crippen molar-refractivity contribution in [2.75, 3.05) is 0 Å². The molecule has 3 rings (SSSR count). The quantitative estimate of drug-likeness (QED) is 0.677. The SMILES string of the molecule is Cc1ccc(-c2nc3sc(C(=O)O)c(C)c3c(=O)n2CCCC(N)=O)cc1. The van der Waals surface area contributed by atoms with Gasteiger partial charge in [0, 0.05) is 18.5 Å². The molecule has 7 nitrogen and oxygen atoms in total. The summed E-state index contributed by atoms with van der Waals surface area (Å²) in [4.78, 5) is 40.8. The minimum Gasteiger partial charge on any atom is -0.477 e. The molecule has 140 valence electrons. The van der Waals surface area contributed by atoms with Gasteiger partial charge >= 0.3 is 5.97 Å². The molecular weight excluding hydrogens is 366 g/mol. The van der Waals surface area contributed by atoms with Crippen LogP contribution < -0.4 is 11.3 Å². The molecule has 0 radical (unpaired) electrons. The minimum atomic E-state index is -1.08. The normalized spacial score (nSPS) is 11.0. The summed E-state index contributed by atoms with van der Waals surface area (Å²) in [6.45, 7) is 3.85. The molecule has 0 fully saturated rings. The van der Waals surface area contributed by atoms with Crippen molar-refractivity contribution in [2.45, 2.75) is 33.2 Å². The van der Waals surface area contributed by atoms with Gasteiger partial charge in [0.1, 0.15) is 15.5 Å². The van der Waals surface area contributed by atoms with Crippen LogP contribution in [0, 0.1) is 13.8 Å². The van der Waals surface area contributed by atoms with Crippen molar-refractivity contribution >= 4 is 33.4 Å². The number of hydrogen-bond donors (Lipinski definition) is 2. The van der Waals surface area contributed by atoms with E-state index in [4.69, 9.17) is 5.73 Å². The highest BCUT2D eigenvalue weighted by molar-refractivity contribution is 7.20. The number of rotatable bonds is 6. The standard InChI is InChI=1S/C19H19N3O4S/c1-10-5-7-12(8-6-10)16-21-17-14(11(2)15(27-17)19(25)26)18(24)22(16)9-3-4-13(20)23/h5-8H,3-4,9H2,1-2H3,(H2,20,23)(H,25,26). The van der Waals surface area contributed by atoms with Crippen LogP contribution in [0.1, 0.15) is 33.6 Å². The number of nitrogens with zero attached hydrogens (tertiary/aromatic N) is 2. The lowest BCUT2D eigenvalue weighted by Crippen LogP contribution is -2.24. The molecule has 3 aromatic rings. The molecular formula is C19H19N3O4S. The Kier molecular flexibility index (Phi) is 5.09. The second kappa shape index (κ2) is 7.32. The number of primary amides is 1. The zero-order valence-electron chi connectivity index (χ0n) is 15.0. The lowest BCUT2D eigenvalue weighted by Gasteiger charge is -2.12. The molecule has 1 amide bonds. The van der Waals surface area contributed by atoms with E-state index in [2.05, 4.69) is 4.98 Å². The summed E-state index contributed by atoms with van der Waals surface area (Å²) >= 11 is 0.997. The van der Waals surface area contributed by atoms with Gasteiger partial charge in [0.25, 0.3) is 5.56 Å². The van der Waals surface area contributed by atoms with Crippen LogP contribution in [0.3, 0.4) is 0 Å². The van der Waals surface area contributed by atoms with Crippen LogP contribution in [0.5, 0.6) is 0 Å². The molecule has 0 saturated carbocycles. The maximum Gasteiger partial charge on any atom is 0.346 e. The van der Waals surface area contributed by atoms with Crippen LogP contribution in [-0.2, 0) is 11.3 Å². The molecule has 2 aromatic heterocycles. The van der Waals surface area contributed by atoms with Crippen LogP contribution in [0.2, 0.25) is 0 Å². The summed E-state index contributed by atoms with van der Waals surface area (Å²) in [7, 11) is 0. The molecule has 0 aliphatic heterocycles. The molecule has 8 heteroatoms. The van der Waals surface area contributed by atoms with E-state index in [1.807, 2.05) is 31.2 Å². The Labute approximate surface area is 159 Å². The Bertz CT molecular complexity index is 1100. The number of amides is 1. The average Bonchev–Trinajstić information content (AvgIpc) is 2.94. The summed E-state index contributed by atoms with van der Waals surface area (Å²) in [6, 6.07) is 7.57. The summed E-state index contributed by atoms with van der Waals surface area (Å²) in [5.74, 6) is -1.06. The zero-order valence-corrected chi connectivity index (χ0v) is 15.8. The number of carbonyl (C=O) groups excluding carboxylic acids is 1. The van der Waals surface area contributed by atoms with E-state index >= 15 is 0 Å². The van der Waals surface area contributed by atoms with Crippen molar-refractivity contribution in [1.29, 1.82) is 0 Å². The lowest BCUT2D eigenvalue weighted by atomic mass is 10.1. The van der Waals surface area contributed by atoms with Gasteiger partial charge in [-0.2, -0.15) is 0 Å². The van der Waals surface area contributed by atoms with Crippen molar-refractivity contribution in [3.8, 4) is 11.4 Å². The van der Waals surface area contributed by atoms with Crippen molar-refractivity contribution in [2.24, 2.45) is 5.73 Å². The van der Waals surface area contributed by atoms with E-state index in [9.17, 15) is 19.5 Å². The number of hydrogen-bond acceptors (Lipinski definition) is 5. The molecule has 0 aliphatic rings. The first-order valence-corrected chi connectivity index (χ1v) is 9.23. The van der Waals surface area contributed by atoms with Gasteiger partial charge in [0.2, 0.25) is 5.91 Å². The average molecular weight is 385 g/mol. The minimum absolute atomic E-state index is 0.111.